The third-order valence-corrected chi connectivity index (χ3v) is 1.32. The van der Waals surface area contributed by atoms with E-state index in [4.69, 9.17) is 5.11 Å². The standard InChI is InChI=1S/C5H10N2O2/c1-5(9)4(8)6-2-3-7-5/h7,9H,2-3H2,1H3,(H,6,8). The third kappa shape index (κ3) is 1.20. The highest BCUT2D eigenvalue weighted by Crippen LogP contribution is 1.99. The number of hydrogen-bond donors (Lipinski definition) is 3. The van der Waals surface area contributed by atoms with Gasteiger partial charge < -0.3 is 10.4 Å². The van der Waals surface area contributed by atoms with Crippen LogP contribution in [0.2, 0.25) is 0 Å². The van der Waals surface area contributed by atoms with Gasteiger partial charge in [0.1, 0.15) is 0 Å². The van der Waals surface area contributed by atoms with Gasteiger partial charge in [-0.25, -0.2) is 0 Å². The number of hydrogen-bond acceptors (Lipinski definition) is 3. The van der Waals surface area contributed by atoms with Crippen molar-refractivity contribution >= 4 is 5.91 Å². The van der Waals surface area contributed by atoms with Crippen LogP contribution in [0.15, 0.2) is 0 Å². The van der Waals surface area contributed by atoms with Gasteiger partial charge in [0.15, 0.2) is 5.72 Å². The Hall–Kier alpha value is -0.610. The van der Waals surface area contributed by atoms with Crippen molar-refractivity contribution in [3.8, 4) is 0 Å². The summed E-state index contributed by atoms with van der Waals surface area (Å²) in [4.78, 5) is 10.7. The molecular weight excluding hydrogens is 120 g/mol. The van der Waals surface area contributed by atoms with Crippen LogP contribution < -0.4 is 10.6 Å². The summed E-state index contributed by atoms with van der Waals surface area (Å²) < 4.78 is 0. The fraction of sp³-hybridized carbons (Fsp3) is 0.800. The lowest BCUT2D eigenvalue weighted by Gasteiger charge is -2.28. The minimum absolute atomic E-state index is 0.353. The highest BCUT2D eigenvalue weighted by molar-refractivity contribution is 5.84. The first kappa shape index (κ1) is 6.51. The van der Waals surface area contributed by atoms with E-state index in [1.54, 1.807) is 0 Å². The molecule has 0 aromatic heterocycles. The van der Waals surface area contributed by atoms with E-state index in [0.29, 0.717) is 13.1 Å². The summed E-state index contributed by atoms with van der Waals surface area (Å²) in [5.74, 6) is -0.353. The molecule has 3 N–H and O–H groups in total. The maximum Gasteiger partial charge on any atom is 0.267 e. The van der Waals surface area contributed by atoms with Crippen LogP contribution in [0.3, 0.4) is 0 Å². The molecule has 1 atom stereocenters. The van der Waals surface area contributed by atoms with Gasteiger partial charge >= 0.3 is 0 Å². The molecule has 0 radical (unpaired) electrons. The van der Waals surface area contributed by atoms with Crippen molar-refractivity contribution < 1.29 is 9.90 Å². The van der Waals surface area contributed by atoms with Gasteiger partial charge in [0.2, 0.25) is 0 Å². The molecule has 0 aromatic rings. The summed E-state index contributed by atoms with van der Waals surface area (Å²) in [5, 5.41) is 14.3. The Bertz CT molecular complexity index is 133. The SMILES string of the molecule is CC1(O)NCCNC1=O. The molecule has 1 aliphatic rings. The molecule has 0 saturated carbocycles. The number of piperazine rings is 1. The van der Waals surface area contributed by atoms with Gasteiger partial charge in [-0.15, -0.1) is 0 Å². The predicted octanol–water partition coefficient (Wildman–Crippen LogP) is -1.59. The average Bonchev–Trinajstić information content (AvgIpc) is 1.77. The van der Waals surface area contributed by atoms with Gasteiger partial charge in [0.05, 0.1) is 0 Å². The molecule has 1 aliphatic heterocycles. The van der Waals surface area contributed by atoms with Crippen molar-refractivity contribution in [2.24, 2.45) is 0 Å². The van der Waals surface area contributed by atoms with E-state index in [1.807, 2.05) is 0 Å². The smallest absolute Gasteiger partial charge is 0.267 e. The lowest BCUT2D eigenvalue weighted by Crippen LogP contribution is -2.61. The number of nitrogens with one attached hydrogen (secondary N) is 2. The molecule has 0 spiro atoms. The zero-order chi connectivity index (χ0) is 6.91. The van der Waals surface area contributed by atoms with E-state index < -0.39 is 5.72 Å². The Morgan fingerprint density at radius 3 is 2.67 bits per heavy atom. The molecule has 1 saturated heterocycles. The molecule has 0 aromatic carbocycles. The minimum atomic E-state index is -1.36. The van der Waals surface area contributed by atoms with Crippen molar-refractivity contribution in [1.82, 2.24) is 10.6 Å². The molecule has 1 heterocycles. The van der Waals surface area contributed by atoms with E-state index >= 15 is 0 Å². The summed E-state index contributed by atoms with van der Waals surface area (Å²) in [6, 6.07) is 0. The first-order valence-electron chi connectivity index (χ1n) is 2.88. The monoisotopic (exact) mass is 130 g/mol. The number of carbonyl (C=O) groups excluding carboxylic acids is 1. The minimum Gasteiger partial charge on any atom is -0.368 e. The van der Waals surface area contributed by atoms with Gasteiger partial charge in [0.25, 0.3) is 5.91 Å². The van der Waals surface area contributed by atoms with Crippen molar-refractivity contribution in [3.63, 3.8) is 0 Å². The quantitative estimate of drug-likeness (QED) is 0.370. The highest BCUT2D eigenvalue weighted by Gasteiger charge is 2.31. The second-order valence-electron chi connectivity index (χ2n) is 2.25. The molecular formula is C5H10N2O2. The Morgan fingerprint density at radius 1 is 1.67 bits per heavy atom. The molecule has 9 heavy (non-hydrogen) atoms. The van der Waals surface area contributed by atoms with E-state index in [1.165, 1.54) is 6.92 Å². The van der Waals surface area contributed by atoms with Crippen molar-refractivity contribution in [1.29, 1.82) is 0 Å². The fourth-order valence-corrected chi connectivity index (χ4v) is 0.734. The predicted molar refractivity (Wildman–Crippen MR) is 31.6 cm³/mol. The molecule has 1 amide bonds. The molecule has 52 valence electrons. The second kappa shape index (κ2) is 1.97. The molecule has 4 nitrogen and oxygen atoms in total. The highest BCUT2D eigenvalue weighted by atomic mass is 16.3. The van der Waals surface area contributed by atoms with Crippen LogP contribution in [-0.4, -0.2) is 29.8 Å². The molecule has 1 unspecified atom stereocenters. The number of rotatable bonds is 0. The maximum absolute atomic E-state index is 10.7. The Labute approximate surface area is 53.2 Å². The van der Waals surface area contributed by atoms with E-state index in [2.05, 4.69) is 10.6 Å². The van der Waals surface area contributed by atoms with Crippen molar-refractivity contribution in [2.75, 3.05) is 13.1 Å². The van der Waals surface area contributed by atoms with Crippen LogP contribution in [0.5, 0.6) is 0 Å². The average molecular weight is 130 g/mol. The van der Waals surface area contributed by atoms with Gasteiger partial charge in [0, 0.05) is 13.1 Å². The Morgan fingerprint density at radius 2 is 2.33 bits per heavy atom. The zero-order valence-electron chi connectivity index (χ0n) is 5.27. The van der Waals surface area contributed by atoms with E-state index in [-0.39, 0.29) is 5.91 Å². The van der Waals surface area contributed by atoms with Gasteiger partial charge in [-0.3, -0.25) is 10.1 Å². The summed E-state index contributed by atoms with van der Waals surface area (Å²) in [6.45, 7) is 2.65. The summed E-state index contributed by atoms with van der Waals surface area (Å²) in [5.41, 5.74) is -1.36. The summed E-state index contributed by atoms with van der Waals surface area (Å²) in [6.07, 6.45) is 0. The first-order valence-corrected chi connectivity index (χ1v) is 2.88. The van der Waals surface area contributed by atoms with Crippen LogP contribution >= 0.6 is 0 Å². The molecule has 4 heteroatoms. The Balaban J connectivity index is 2.60. The normalized spacial score (nSPS) is 36.0. The third-order valence-electron chi connectivity index (χ3n) is 1.32. The number of carbonyl (C=O) groups is 1. The van der Waals surface area contributed by atoms with Crippen molar-refractivity contribution in [2.45, 2.75) is 12.6 Å². The summed E-state index contributed by atoms with van der Waals surface area (Å²) in [7, 11) is 0. The molecule has 0 aliphatic carbocycles. The van der Waals surface area contributed by atoms with Crippen molar-refractivity contribution in [3.05, 3.63) is 0 Å². The maximum atomic E-state index is 10.7. The van der Waals surface area contributed by atoms with Crippen LogP contribution in [0, 0.1) is 0 Å². The zero-order valence-corrected chi connectivity index (χ0v) is 5.27. The van der Waals surface area contributed by atoms with Crippen LogP contribution in [0.4, 0.5) is 0 Å². The lowest BCUT2D eigenvalue weighted by molar-refractivity contribution is -0.143. The molecule has 0 bridgehead atoms. The van der Waals surface area contributed by atoms with E-state index in [9.17, 15) is 4.79 Å². The second-order valence-corrected chi connectivity index (χ2v) is 2.25. The largest absolute Gasteiger partial charge is 0.368 e. The van der Waals surface area contributed by atoms with Gasteiger partial charge in [-0.05, 0) is 6.92 Å². The van der Waals surface area contributed by atoms with Gasteiger partial charge in [-0.2, -0.15) is 0 Å². The first-order chi connectivity index (χ1) is 4.13. The Kier molecular flexibility index (Phi) is 1.42. The molecule has 1 fully saturated rings. The lowest BCUT2D eigenvalue weighted by atomic mass is 10.2. The van der Waals surface area contributed by atoms with Gasteiger partial charge in [-0.1, -0.05) is 0 Å². The number of amides is 1. The number of aliphatic hydroxyl groups is 1. The fourth-order valence-electron chi connectivity index (χ4n) is 0.734. The van der Waals surface area contributed by atoms with Crippen LogP contribution in [0.25, 0.3) is 0 Å². The van der Waals surface area contributed by atoms with Crippen LogP contribution in [-0.2, 0) is 4.79 Å². The molecule has 1 rings (SSSR count). The topological polar surface area (TPSA) is 61.4 Å². The summed E-state index contributed by atoms with van der Waals surface area (Å²) >= 11 is 0. The van der Waals surface area contributed by atoms with Crippen LogP contribution in [0.1, 0.15) is 6.92 Å². The van der Waals surface area contributed by atoms with E-state index in [0.717, 1.165) is 0 Å².